The van der Waals surface area contributed by atoms with E-state index in [0.29, 0.717) is 11.7 Å². The summed E-state index contributed by atoms with van der Waals surface area (Å²) in [4.78, 5) is 22.0. The number of carboxylic acid groups (broad SMARTS) is 2. The van der Waals surface area contributed by atoms with Gasteiger partial charge < -0.3 is 14.8 Å². The zero-order valence-electron chi connectivity index (χ0n) is 14.6. The van der Waals surface area contributed by atoms with E-state index in [4.69, 9.17) is 5.11 Å². The molecule has 0 heterocycles. The largest absolute Gasteiger partial charge is 0.481 e. The summed E-state index contributed by atoms with van der Waals surface area (Å²) < 4.78 is 22.3. The van der Waals surface area contributed by atoms with Crippen molar-refractivity contribution in [2.75, 3.05) is 11.9 Å². The van der Waals surface area contributed by atoms with Crippen molar-refractivity contribution in [1.29, 1.82) is 0 Å². The van der Waals surface area contributed by atoms with E-state index in [1.165, 1.54) is 5.56 Å². The highest BCUT2D eigenvalue weighted by Crippen LogP contribution is 2.69. The van der Waals surface area contributed by atoms with Crippen LogP contribution < -0.4 is 0 Å². The number of carbonyl (C=O) groups is 2. The molecule has 0 saturated heterocycles. The first-order chi connectivity index (χ1) is 12.3. The van der Waals surface area contributed by atoms with Crippen molar-refractivity contribution >= 4 is 40.5 Å². The van der Waals surface area contributed by atoms with E-state index in [9.17, 15) is 23.8 Å². The minimum absolute atomic E-state index is 0.0998. The topological polar surface area (TPSA) is 112 Å². The van der Waals surface area contributed by atoms with Crippen LogP contribution in [0.2, 0.25) is 0 Å². The summed E-state index contributed by atoms with van der Waals surface area (Å²) in [5.74, 6) is -2.48. The molecule has 1 rings (SSSR count). The van der Waals surface area contributed by atoms with Gasteiger partial charge >= 0.3 is 11.9 Å². The maximum absolute atomic E-state index is 12.8. The van der Waals surface area contributed by atoms with Crippen molar-refractivity contribution in [3.05, 3.63) is 35.9 Å². The quantitative estimate of drug-likeness (QED) is 0.292. The number of hydrogen-bond acceptors (Lipinski definition) is 6. The monoisotopic (exact) mass is 420 g/mol. The Morgan fingerprint density at radius 2 is 1.81 bits per heavy atom. The molecule has 0 aliphatic carbocycles. The van der Waals surface area contributed by atoms with Crippen LogP contribution in [0.5, 0.6) is 0 Å². The van der Waals surface area contributed by atoms with Crippen LogP contribution in [0.15, 0.2) is 30.3 Å². The summed E-state index contributed by atoms with van der Waals surface area (Å²) in [7, 11) is 0. The summed E-state index contributed by atoms with van der Waals surface area (Å²) in [5, 5.41) is 17.9. The van der Waals surface area contributed by atoms with Crippen LogP contribution >= 0.6 is 28.6 Å². The Balaban J connectivity index is 2.63. The summed E-state index contributed by atoms with van der Waals surface area (Å²) in [6, 6.07) is 9.99. The third-order valence-electron chi connectivity index (χ3n) is 4.14. The Kier molecular flexibility index (Phi) is 10.4. The van der Waals surface area contributed by atoms with Crippen molar-refractivity contribution in [2.24, 2.45) is 5.92 Å². The van der Waals surface area contributed by atoms with Crippen LogP contribution in [0.4, 0.5) is 0 Å². The van der Waals surface area contributed by atoms with Crippen LogP contribution in [0.3, 0.4) is 0 Å². The number of benzene rings is 1. The minimum Gasteiger partial charge on any atom is -0.481 e. The van der Waals surface area contributed by atoms with Crippen LogP contribution in [-0.2, 0) is 14.2 Å². The number of rotatable bonds is 13. The minimum atomic E-state index is -3.21. The Bertz CT molecular complexity index is 625. The Morgan fingerprint density at radius 1 is 1.15 bits per heavy atom. The van der Waals surface area contributed by atoms with Crippen molar-refractivity contribution < 1.29 is 28.9 Å². The second-order valence-corrected chi connectivity index (χ2v) is 13.9. The van der Waals surface area contributed by atoms with E-state index in [1.807, 2.05) is 30.3 Å². The second kappa shape index (κ2) is 11.7. The third-order valence-corrected chi connectivity index (χ3v) is 11.0. The maximum Gasteiger partial charge on any atom is 0.307 e. The molecule has 0 spiro atoms. The average molecular weight is 420 g/mol. The molecular formula is C17H25O6PS2. The molecular weight excluding hydrogens is 395 g/mol. The molecule has 146 valence electrons. The number of hydrogen-bond donors (Lipinski definition) is 3. The Labute approximate surface area is 161 Å². The van der Waals surface area contributed by atoms with Gasteiger partial charge in [-0.15, -0.1) is 0 Å². The second-order valence-electron chi connectivity index (χ2n) is 5.98. The van der Waals surface area contributed by atoms with E-state index < -0.39 is 23.4 Å². The van der Waals surface area contributed by atoms with E-state index >= 15 is 0 Å². The smallest absolute Gasteiger partial charge is 0.307 e. The van der Waals surface area contributed by atoms with E-state index in [-0.39, 0.29) is 30.7 Å². The molecule has 0 bridgehead atoms. The predicted molar refractivity (Wildman–Crippen MR) is 107 cm³/mol. The van der Waals surface area contributed by atoms with E-state index in [0.717, 1.165) is 24.2 Å². The predicted octanol–water partition coefficient (Wildman–Crippen LogP) is 5.27. The summed E-state index contributed by atoms with van der Waals surface area (Å²) >= 11 is 1.32. The first-order valence-corrected chi connectivity index (χ1v) is 13.2. The molecule has 1 aromatic carbocycles. The highest BCUT2D eigenvalue weighted by atomic mass is 33.1. The van der Waals surface area contributed by atoms with Gasteiger partial charge in [-0.3, -0.25) is 14.2 Å². The van der Waals surface area contributed by atoms with Crippen LogP contribution in [0.25, 0.3) is 0 Å². The third kappa shape index (κ3) is 8.16. The summed E-state index contributed by atoms with van der Waals surface area (Å²) in [6.07, 6.45) is 1.07. The van der Waals surface area contributed by atoms with Gasteiger partial charge in [-0.1, -0.05) is 48.6 Å². The highest BCUT2D eigenvalue weighted by molar-refractivity contribution is 8.89. The summed E-state index contributed by atoms with van der Waals surface area (Å²) in [6.45, 7) is 2.08. The molecule has 0 saturated carbocycles. The van der Waals surface area contributed by atoms with E-state index in [1.54, 1.807) is 0 Å². The van der Waals surface area contributed by atoms with Crippen LogP contribution in [-0.4, -0.2) is 38.6 Å². The normalized spacial score (nSPS) is 15.8. The lowest BCUT2D eigenvalue weighted by Gasteiger charge is -2.20. The van der Waals surface area contributed by atoms with Gasteiger partial charge in [-0.2, -0.15) is 0 Å². The fourth-order valence-corrected chi connectivity index (χ4v) is 8.38. The van der Waals surface area contributed by atoms with Crippen molar-refractivity contribution in [2.45, 2.75) is 38.5 Å². The van der Waals surface area contributed by atoms with Gasteiger partial charge in [-0.05, 0) is 30.7 Å². The zero-order chi connectivity index (χ0) is 19.6. The van der Waals surface area contributed by atoms with Gasteiger partial charge in [0.1, 0.15) is 0 Å². The van der Waals surface area contributed by atoms with Crippen molar-refractivity contribution in [1.82, 2.24) is 0 Å². The molecule has 0 fully saturated rings. The molecule has 9 heteroatoms. The molecule has 0 aliphatic heterocycles. The van der Waals surface area contributed by atoms with Crippen molar-refractivity contribution in [3.8, 4) is 0 Å². The molecule has 1 aromatic rings. The van der Waals surface area contributed by atoms with Gasteiger partial charge in [-0.25, -0.2) is 0 Å². The van der Waals surface area contributed by atoms with Crippen molar-refractivity contribution in [3.63, 3.8) is 0 Å². The molecule has 26 heavy (non-hydrogen) atoms. The molecule has 0 amide bonds. The number of carboxylic acids is 2. The van der Waals surface area contributed by atoms with Gasteiger partial charge in [0, 0.05) is 18.3 Å². The average Bonchev–Trinajstić information content (AvgIpc) is 2.62. The van der Waals surface area contributed by atoms with E-state index in [2.05, 4.69) is 6.92 Å². The zero-order valence-corrected chi connectivity index (χ0v) is 17.1. The molecule has 6 nitrogen and oxygen atoms in total. The lowest BCUT2D eigenvalue weighted by molar-refractivity contribution is -0.142. The first kappa shape index (κ1) is 23.1. The van der Waals surface area contributed by atoms with Gasteiger partial charge in [0.25, 0.3) is 0 Å². The Hall–Kier alpha value is -0.950. The lowest BCUT2D eigenvalue weighted by atomic mass is 9.94. The van der Waals surface area contributed by atoms with Crippen LogP contribution in [0.1, 0.15) is 44.1 Å². The molecule has 0 aromatic heterocycles. The molecule has 3 unspecified atom stereocenters. The van der Waals surface area contributed by atoms with Gasteiger partial charge in [0.15, 0.2) is 0 Å². The molecule has 3 N–H and O–H groups in total. The lowest BCUT2D eigenvalue weighted by Crippen LogP contribution is -2.18. The standard InChI is InChI=1S/C17H25O6PS2/c1-2-13(14-6-4-3-5-7-14)10-11-25-24(22,26-23)12-15(17(20)21)8-9-16(18)19/h3-7,13,15,23H,2,8-12H2,1H3,(H,18,19)(H,20,21). The SMILES string of the molecule is CCC(CCSP(=O)(CC(CCC(=O)O)C(=O)O)SO)c1ccccc1. The summed E-state index contributed by atoms with van der Waals surface area (Å²) in [5.41, 5.74) is -2.01. The fourth-order valence-electron chi connectivity index (χ4n) is 2.64. The fraction of sp³-hybridized carbons (Fsp3) is 0.529. The van der Waals surface area contributed by atoms with Gasteiger partial charge in [0.2, 0.25) is 5.55 Å². The van der Waals surface area contributed by atoms with Gasteiger partial charge in [0.05, 0.1) is 17.6 Å². The highest BCUT2D eigenvalue weighted by Gasteiger charge is 2.32. The maximum atomic E-state index is 12.8. The first-order valence-electron chi connectivity index (χ1n) is 8.37. The Morgan fingerprint density at radius 3 is 2.31 bits per heavy atom. The molecule has 0 aliphatic rings. The van der Waals surface area contributed by atoms with Crippen LogP contribution in [0, 0.1) is 5.92 Å². The number of aliphatic carboxylic acids is 2. The molecule has 0 radical (unpaired) electrons. The molecule has 3 atom stereocenters.